The molecule has 1 aliphatic rings. The van der Waals surface area contributed by atoms with Crippen LogP contribution in [-0.2, 0) is 10.8 Å². The molecule has 218 valence electrons. The van der Waals surface area contributed by atoms with Crippen LogP contribution >= 0.6 is 11.3 Å². The van der Waals surface area contributed by atoms with Gasteiger partial charge in [0.1, 0.15) is 11.2 Å². The van der Waals surface area contributed by atoms with E-state index < -0.39 is 0 Å². The average molecular weight is 600 g/mol. The van der Waals surface area contributed by atoms with E-state index in [0.29, 0.717) is 0 Å². The van der Waals surface area contributed by atoms with Crippen molar-refractivity contribution in [3.63, 3.8) is 0 Å². The summed E-state index contributed by atoms with van der Waals surface area (Å²) in [6.45, 7) is 9.68. The molecule has 0 aliphatic heterocycles. The molecule has 0 atom stereocenters. The Kier molecular flexibility index (Phi) is 5.50. The standard InChI is InChI=1S/C42H33NOS/c1-41(2)34-23-22-32-31-15-9-11-17-38(31)45-40(32)39(34)33-21-19-27(24-35(33)42(41,3)4)43(26-12-6-5-7-13-26)28-18-20-30-29-14-8-10-16-36(29)44-37(30)25-28/h5-25H,1-4H3. The summed E-state index contributed by atoms with van der Waals surface area (Å²) in [7, 11) is 0. The van der Waals surface area contributed by atoms with Gasteiger partial charge in [-0.3, -0.25) is 0 Å². The molecule has 0 amide bonds. The van der Waals surface area contributed by atoms with Gasteiger partial charge in [0.05, 0.1) is 0 Å². The first kappa shape index (κ1) is 26.5. The van der Waals surface area contributed by atoms with Gasteiger partial charge in [-0.25, -0.2) is 0 Å². The van der Waals surface area contributed by atoms with Crippen LogP contribution in [-0.4, -0.2) is 0 Å². The van der Waals surface area contributed by atoms with Gasteiger partial charge < -0.3 is 9.32 Å². The van der Waals surface area contributed by atoms with Crippen molar-refractivity contribution < 1.29 is 4.42 Å². The van der Waals surface area contributed by atoms with Crippen molar-refractivity contribution in [1.82, 2.24) is 0 Å². The number of benzene rings is 6. The zero-order chi connectivity index (χ0) is 30.5. The van der Waals surface area contributed by atoms with Crippen molar-refractivity contribution in [3.05, 3.63) is 139 Å². The molecule has 0 saturated heterocycles. The van der Waals surface area contributed by atoms with Gasteiger partial charge in [-0.05, 0) is 76.1 Å². The van der Waals surface area contributed by atoms with E-state index in [4.69, 9.17) is 4.42 Å². The molecular weight excluding hydrogens is 567 g/mol. The third-order valence-electron chi connectivity index (χ3n) is 10.6. The van der Waals surface area contributed by atoms with E-state index in [-0.39, 0.29) is 10.8 Å². The zero-order valence-electron chi connectivity index (χ0n) is 25.9. The summed E-state index contributed by atoms with van der Waals surface area (Å²) in [5.74, 6) is 0. The lowest BCUT2D eigenvalue weighted by Crippen LogP contribution is -2.43. The average Bonchev–Trinajstić information content (AvgIpc) is 3.62. The number of fused-ring (bicyclic) bond motifs is 10. The quantitative estimate of drug-likeness (QED) is 0.201. The summed E-state index contributed by atoms with van der Waals surface area (Å²) in [4.78, 5) is 2.37. The van der Waals surface area contributed by atoms with Crippen molar-refractivity contribution in [1.29, 1.82) is 0 Å². The fourth-order valence-electron chi connectivity index (χ4n) is 7.53. The molecule has 0 spiro atoms. The summed E-state index contributed by atoms with van der Waals surface area (Å²) in [5.41, 5.74) is 10.5. The van der Waals surface area contributed by atoms with Crippen molar-refractivity contribution in [2.75, 3.05) is 4.90 Å². The predicted octanol–water partition coefficient (Wildman–Crippen LogP) is 12.7. The van der Waals surface area contributed by atoms with Crippen LogP contribution in [0, 0.1) is 0 Å². The van der Waals surface area contributed by atoms with E-state index in [0.717, 1.165) is 39.0 Å². The second-order valence-electron chi connectivity index (χ2n) is 13.4. The van der Waals surface area contributed by atoms with E-state index in [2.05, 4.69) is 148 Å². The number of para-hydroxylation sites is 2. The fraction of sp³-hybridized carbons (Fsp3) is 0.143. The van der Waals surface area contributed by atoms with Gasteiger partial charge in [-0.2, -0.15) is 0 Å². The Balaban J connectivity index is 1.29. The monoisotopic (exact) mass is 599 g/mol. The predicted molar refractivity (Wildman–Crippen MR) is 193 cm³/mol. The van der Waals surface area contributed by atoms with Crippen molar-refractivity contribution in [3.8, 4) is 11.1 Å². The van der Waals surface area contributed by atoms with Crippen LogP contribution in [0.25, 0.3) is 53.2 Å². The second-order valence-corrected chi connectivity index (χ2v) is 14.4. The maximum atomic E-state index is 6.35. The van der Waals surface area contributed by atoms with Crippen LogP contribution in [0.15, 0.2) is 132 Å². The molecule has 2 aromatic heterocycles. The molecule has 0 unspecified atom stereocenters. The Hall–Kier alpha value is -4.86. The molecule has 2 nitrogen and oxygen atoms in total. The van der Waals surface area contributed by atoms with E-state index in [1.165, 1.54) is 42.4 Å². The number of nitrogens with zero attached hydrogens (tertiary/aromatic N) is 1. The third kappa shape index (κ3) is 3.68. The summed E-state index contributed by atoms with van der Waals surface area (Å²) in [6, 6.07) is 46.3. The van der Waals surface area contributed by atoms with Gasteiger partial charge in [-0.15, -0.1) is 11.3 Å². The Morgan fingerprint density at radius 1 is 0.511 bits per heavy atom. The van der Waals surface area contributed by atoms with Crippen LogP contribution in [0.1, 0.15) is 38.8 Å². The number of rotatable bonds is 3. The summed E-state index contributed by atoms with van der Waals surface area (Å²) in [6.07, 6.45) is 0. The van der Waals surface area contributed by atoms with Gasteiger partial charge >= 0.3 is 0 Å². The first-order chi connectivity index (χ1) is 21.8. The highest BCUT2D eigenvalue weighted by atomic mass is 32.1. The van der Waals surface area contributed by atoms with Gasteiger partial charge in [-0.1, -0.05) is 100 Å². The molecular formula is C42H33NOS. The smallest absolute Gasteiger partial charge is 0.137 e. The first-order valence-corrected chi connectivity index (χ1v) is 16.5. The first-order valence-electron chi connectivity index (χ1n) is 15.7. The van der Waals surface area contributed by atoms with Gasteiger partial charge in [0.25, 0.3) is 0 Å². The van der Waals surface area contributed by atoms with E-state index >= 15 is 0 Å². The minimum atomic E-state index is -0.110. The van der Waals surface area contributed by atoms with E-state index in [1.807, 2.05) is 23.5 Å². The summed E-state index contributed by atoms with van der Waals surface area (Å²) in [5, 5.41) is 4.98. The molecule has 2 heterocycles. The van der Waals surface area contributed by atoms with Crippen molar-refractivity contribution in [2.24, 2.45) is 0 Å². The highest BCUT2D eigenvalue weighted by Gasteiger charge is 2.46. The molecule has 0 saturated carbocycles. The van der Waals surface area contributed by atoms with E-state index in [9.17, 15) is 0 Å². The maximum absolute atomic E-state index is 6.35. The molecule has 0 fully saturated rings. The molecule has 8 aromatic rings. The molecule has 45 heavy (non-hydrogen) atoms. The van der Waals surface area contributed by atoms with Gasteiger partial charge in [0.15, 0.2) is 0 Å². The topological polar surface area (TPSA) is 16.4 Å². The lowest BCUT2D eigenvalue weighted by atomic mass is 9.55. The Morgan fingerprint density at radius 3 is 2.00 bits per heavy atom. The summed E-state index contributed by atoms with van der Waals surface area (Å²) < 4.78 is 9.08. The minimum Gasteiger partial charge on any atom is -0.456 e. The maximum Gasteiger partial charge on any atom is 0.137 e. The number of hydrogen-bond acceptors (Lipinski definition) is 3. The lowest BCUT2D eigenvalue weighted by Gasteiger charge is -2.48. The number of thiophene rings is 1. The van der Waals surface area contributed by atoms with Crippen LogP contribution in [0.4, 0.5) is 17.1 Å². The Morgan fingerprint density at radius 2 is 1.16 bits per heavy atom. The fourth-order valence-corrected chi connectivity index (χ4v) is 8.80. The second kappa shape index (κ2) is 9.32. The van der Waals surface area contributed by atoms with E-state index in [1.54, 1.807) is 0 Å². The minimum absolute atomic E-state index is 0.0803. The highest BCUT2D eigenvalue weighted by molar-refractivity contribution is 7.26. The highest BCUT2D eigenvalue weighted by Crippen LogP contribution is 2.57. The summed E-state index contributed by atoms with van der Waals surface area (Å²) >= 11 is 1.93. The molecule has 0 bridgehead atoms. The largest absolute Gasteiger partial charge is 0.456 e. The Bertz CT molecular complexity index is 2440. The number of hydrogen-bond donors (Lipinski definition) is 0. The molecule has 9 rings (SSSR count). The SMILES string of the molecule is CC1(C)c2cc(N(c3ccccc3)c3ccc4c(c3)oc3ccccc34)ccc2-c2c(ccc3c2sc2ccccc23)C1(C)C. The van der Waals surface area contributed by atoms with Crippen molar-refractivity contribution in [2.45, 2.75) is 38.5 Å². The van der Waals surface area contributed by atoms with Crippen LogP contribution in [0.3, 0.4) is 0 Å². The number of furan rings is 1. The third-order valence-corrected chi connectivity index (χ3v) is 11.8. The van der Waals surface area contributed by atoms with Crippen LogP contribution in [0.2, 0.25) is 0 Å². The molecule has 0 radical (unpaired) electrons. The zero-order valence-corrected chi connectivity index (χ0v) is 26.7. The molecule has 3 heteroatoms. The molecule has 1 aliphatic carbocycles. The van der Waals surface area contributed by atoms with Crippen LogP contribution < -0.4 is 4.90 Å². The van der Waals surface area contributed by atoms with Crippen molar-refractivity contribution >= 4 is 70.5 Å². The van der Waals surface area contributed by atoms with Crippen LogP contribution in [0.5, 0.6) is 0 Å². The number of anilines is 3. The van der Waals surface area contributed by atoms with Gasteiger partial charge in [0, 0.05) is 59.6 Å². The molecule has 0 N–H and O–H groups in total. The lowest BCUT2D eigenvalue weighted by molar-refractivity contribution is 0.299. The van der Waals surface area contributed by atoms with Gasteiger partial charge in [0.2, 0.25) is 0 Å². The normalized spacial score (nSPS) is 15.0. The Labute approximate surface area is 267 Å². The molecule has 6 aromatic carbocycles.